The molecule has 0 aliphatic carbocycles. The van der Waals surface area contributed by atoms with Gasteiger partial charge in [-0.1, -0.05) is 28.1 Å². The van der Waals surface area contributed by atoms with Gasteiger partial charge in [0.1, 0.15) is 6.04 Å². The lowest BCUT2D eigenvalue weighted by Crippen LogP contribution is -2.45. The van der Waals surface area contributed by atoms with Crippen molar-refractivity contribution in [2.75, 3.05) is 11.4 Å². The molecule has 0 saturated carbocycles. The Morgan fingerprint density at radius 2 is 2.04 bits per heavy atom. The third kappa shape index (κ3) is 3.43. The number of benzene rings is 1. The highest BCUT2D eigenvalue weighted by atomic mass is 79.9. The highest BCUT2D eigenvalue weighted by Crippen LogP contribution is 2.28. The topological polar surface area (TPSA) is 57.7 Å². The van der Waals surface area contributed by atoms with Crippen LogP contribution in [-0.4, -0.2) is 35.2 Å². The number of hydrogen-bond acceptors (Lipinski definition) is 4. The van der Waals surface area contributed by atoms with Crippen molar-refractivity contribution in [3.05, 3.63) is 63.8 Å². The molecule has 1 aromatic heterocycles. The zero-order valence-electron chi connectivity index (χ0n) is 13.2. The van der Waals surface area contributed by atoms with Crippen molar-refractivity contribution < 1.29 is 14.4 Å². The summed E-state index contributed by atoms with van der Waals surface area (Å²) in [6.45, 7) is 3.86. The second kappa shape index (κ2) is 7.33. The maximum absolute atomic E-state index is 12.9. The van der Waals surface area contributed by atoms with E-state index in [0.29, 0.717) is 10.6 Å². The summed E-state index contributed by atoms with van der Waals surface area (Å²) in [6, 6.07) is 9.59. The van der Waals surface area contributed by atoms with Crippen LogP contribution in [-0.2, 0) is 9.59 Å². The molecule has 3 rings (SSSR count). The van der Waals surface area contributed by atoms with Crippen molar-refractivity contribution in [3.63, 3.8) is 0 Å². The van der Waals surface area contributed by atoms with E-state index in [1.807, 2.05) is 0 Å². The van der Waals surface area contributed by atoms with Gasteiger partial charge in [-0.25, -0.2) is 4.90 Å². The first-order valence-electron chi connectivity index (χ1n) is 7.60. The van der Waals surface area contributed by atoms with Crippen molar-refractivity contribution in [1.82, 2.24) is 4.90 Å². The van der Waals surface area contributed by atoms with Crippen molar-refractivity contribution in [2.24, 2.45) is 0 Å². The van der Waals surface area contributed by atoms with Crippen LogP contribution in [0.1, 0.15) is 16.1 Å². The van der Waals surface area contributed by atoms with Gasteiger partial charge in [0.2, 0.25) is 5.91 Å². The minimum Gasteiger partial charge on any atom is -0.322 e. The fourth-order valence-electron chi connectivity index (χ4n) is 2.75. The summed E-state index contributed by atoms with van der Waals surface area (Å²) in [7, 11) is 0. The number of hydrogen-bond donors (Lipinski definition) is 0. The Bertz CT molecular complexity index is 817. The zero-order chi connectivity index (χ0) is 18.0. The molecule has 2 aromatic rings. The van der Waals surface area contributed by atoms with Crippen molar-refractivity contribution in [2.45, 2.75) is 12.5 Å². The van der Waals surface area contributed by atoms with Crippen LogP contribution in [0.3, 0.4) is 0 Å². The Labute approximate surface area is 157 Å². The van der Waals surface area contributed by atoms with Gasteiger partial charge >= 0.3 is 0 Å². The van der Waals surface area contributed by atoms with E-state index < -0.39 is 6.04 Å². The van der Waals surface area contributed by atoms with E-state index in [1.54, 1.807) is 47.9 Å². The summed E-state index contributed by atoms with van der Waals surface area (Å²) in [6.07, 6.45) is 1.53. The van der Waals surface area contributed by atoms with Crippen LogP contribution in [0.25, 0.3) is 0 Å². The Morgan fingerprint density at radius 1 is 1.32 bits per heavy atom. The van der Waals surface area contributed by atoms with E-state index in [0.717, 1.165) is 9.37 Å². The second-order valence-corrected chi connectivity index (χ2v) is 7.35. The lowest BCUT2D eigenvalue weighted by Gasteiger charge is -2.26. The highest BCUT2D eigenvalue weighted by Gasteiger charge is 2.44. The maximum atomic E-state index is 12.9. The average Bonchev–Trinajstić information content (AvgIpc) is 3.22. The molecule has 128 valence electrons. The summed E-state index contributed by atoms with van der Waals surface area (Å²) >= 11 is 4.63. The van der Waals surface area contributed by atoms with Crippen LogP contribution in [0.4, 0.5) is 5.69 Å². The van der Waals surface area contributed by atoms with E-state index in [2.05, 4.69) is 22.5 Å². The van der Waals surface area contributed by atoms with Crippen LogP contribution in [0.5, 0.6) is 0 Å². The predicted octanol–water partition coefficient (Wildman–Crippen LogP) is 3.47. The molecular weight excluding hydrogens is 404 g/mol. The van der Waals surface area contributed by atoms with Gasteiger partial charge < -0.3 is 4.90 Å². The molecule has 0 N–H and O–H groups in total. The fraction of sp³-hybridized carbons (Fsp3) is 0.167. The molecule has 0 spiro atoms. The van der Waals surface area contributed by atoms with Crippen LogP contribution in [0, 0.1) is 0 Å². The van der Waals surface area contributed by atoms with Gasteiger partial charge in [-0.05, 0) is 35.7 Å². The van der Waals surface area contributed by atoms with Crippen molar-refractivity contribution >= 4 is 50.7 Å². The van der Waals surface area contributed by atoms with E-state index in [-0.39, 0.29) is 30.7 Å². The third-order valence-electron chi connectivity index (χ3n) is 3.90. The van der Waals surface area contributed by atoms with Crippen LogP contribution >= 0.6 is 27.3 Å². The number of thiophene rings is 1. The van der Waals surface area contributed by atoms with Gasteiger partial charge in [-0.2, -0.15) is 0 Å². The molecule has 0 radical (unpaired) electrons. The van der Waals surface area contributed by atoms with Gasteiger partial charge in [0.05, 0.1) is 17.0 Å². The Kier molecular flexibility index (Phi) is 5.15. The van der Waals surface area contributed by atoms with Gasteiger partial charge in [-0.3, -0.25) is 14.4 Å². The van der Waals surface area contributed by atoms with Gasteiger partial charge in [0.25, 0.3) is 11.8 Å². The molecule has 1 aliphatic heterocycles. The zero-order valence-corrected chi connectivity index (χ0v) is 15.6. The van der Waals surface area contributed by atoms with E-state index in [4.69, 9.17) is 0 Å². The number of anilines is 1. The number of rotatable bonds is 5. The second-order valence-electron chi connectivity index (χ2n) is 5.49. The minimum atomic E-state index is -0.816. The quantitative estimate of drug-likeness (QED) is 0.551. The number of carbonyl (C=O) groups excluding carboxylic acids is 3. The highest BCUT2D eigenvalue weighted by molar-refractivity contribution is 9.10. The molecule has 1 fully saturated rings. The molecule has 7 heteroatoms. The first-order chi connectivity index (χ1) is 12.0. The van der Waals surface area contributed by atoms with Crippen LogP contribution in [0.2, 0.25) is 0 Å². The molecule has 1 unspecified atom stereocenters. The SMILES string of the molecule is C=CCN(C(=O)c1cccs1)C1CC(=O)N(c2ccc(Br)cc2)C1=O. The lowest BCUT2D eigenvalue weighted by molar-refractivity contribution is -0.122. The summed E-state index contributed by atoms with van der Waals surface area (Å²) in [5, 5.41) is 1.80. The largest absolute Gasteiger partial charge is 0.322 e. The Morgan fingerprint density at radius 3 is 2.64 bits per heavy atom. The molecule has 1 aliphatic rings. The minimum absolute atomic E-state index is 0.0279. The maximum Gasteiger partial charge on any atom is 0.264 e. The molecular formula is C18H15BrN2O3S. The summed E-state index contributed by atoms with van der Waals surface area (Å²) in [5.74, 6) is -0.969. The monoisotopic (exact) mass is 418 g/mol. The third-order valence-corrected chi connectivity index (χ3v) is 5.29. The van der Waals surface area contributed by atoms with E-state index in [1.165, 1.54) is 16.2 Å². The van der Waals surface area contributed by atoms with Gasteiger partial charge in [-0.15, -0.1) is 17.9 Å². The average molecular weight is 419 g/mol. The molecule has 3 amide bonds. The van der Waals surface area contributed by atoms with E-state index >= 15 is 0 Å². The van der Waals surface area contributed by atoms with Gasteiger partial charge in [0, 0.05) is 11.0 Å². The smallest absolute Gasteiger partial charge is 0.264 e. The molecule has 5 nitrogen and oxygen atoms in total. The van der Waals surface area contributed by atoms with E-state index in [9.17, 15) is 14.4 Å². The van der Waals surface area contributed by atoms with Crippen LogP contribution < -0.4 is 4.90 Å². The normalized spacial score (nSPS) is 17.0. The predicted molar refractivity (Wildman–Crippen MR) is 101 cm³/mol. The number of halogens is 1. The standard InChI is InChI=1S/C18H15BrN2O3S/c1-2-9-20(18(24)15-4-3-10-25-15)14-11-16(22)21(17(14)23)13-7-5-12(19)6-8-13/h2-8,10,14H,1,9,11H2. The molecule has 1 atom stereocenters. The first-order valence-corrected chi connectivity index (χ1v) is 9.28. The summed E-state index contributed by atoms with van der Waals surface area (Å²) in [5.41, 5.74) is 0.503. The Balaban J connectivity index is 1.89. The lowest BCUT2D eigenvalue weighted by atomic mass is 10.2. The summed E-state index contributed by atoms with van der Waals surface area (Å²) in [4.78, 5) is 41.1. The Hall–Kier alpha value is -2.25. The number of amides is 3. The number of nitrogens with zero attached hydrogens (tertiary/aromatic N) is 2. The molecule has 2 heterocycles. The number of imide groups is 1. The first kappa shape index (κ1) is 17.6. The van der Waals surface area contributed by atoms with Crippen LogP contribution in [0.15, 0.2) is 58.9 Å². The molecule has 1 saturated heterocycles. The molecule has 1 aromatic carbocycles. The molecule has 0 bridgehead atoms. The number of carbonyl (C=O) groups is 3. The van der Waals surface area contributed by atoms with Gasteiger partial charge in [0.15, 0.2) is 0 Å². The summed E-state index contributed by atoms with van der Waals surface area (Å²) < 4.78 is 0.855. The van der Waals surface area contributed by atoms with Crippen molar-refractivity contribution in [3.8, 4) is 0 Å². The van der Waals surface area contributed by atoms with Crippen molar-refractivity contribution in [1.29, 1.82) is 0 Å². The molecule has 25 heavy (non-hydrogen) atoms. The fourth-order valence-corrected chi connectivity index (χ4v) is 3.70.